The van der Waals surface area contributed by atoms with Gasteiger partial charge in [-0.25, -0.2) is 12.8 Å². The number of hydrogen-bond acceptors (Lipinski definition) is 4. The smallest absolute Gasteiger partial charge is 0.395 e. The van der Waals surface area contributed by atoms with E-state index in [1.165, 1.54) is 25.6 Å². The average Bonchev–Trinajstić information content (AvgIpc) is 3.03. The van der Waals surface area contributed by atoms with E-state index in [-0.39, 0.29) is 16.3 Å². The number of aryl methyl sites for hydroxylation is 1. The minimum Gasteiger partial charge on any atom is -0.395 e. The van der Waals surface area contributed by atoms with Crippen molar-refractivity contribution >= 4 is 21.6 Å². The van der Waals surface area contributed by atoms with Gasteiger partial charge in [-0.15, -0.1) is 0 Å². The molecule has 1 amide bonds. The van der Waals surface area contributed by atoms with Crippen LogP contribution >= 0.6 is 0 Å². The second-order valence-corrected chi connectivity index (χ2v) is 8.37. The molecule has 160 valence electrons. The first-order valence-electron chi connectivity index (χ1n) is 8.22. The monoisotopic (exact) mass is 437 g/mol. The van der Waals surface area contributed by atoms with E-state index in [4.69, 9.17) is 5.11 Å². The Morgan fingerprint density at radius 3 is 2.48 bits per heavy atom. The maximum absolute atomic E-state index is 13.4. The van der Waals surface area contributed by atoms with Gasteiger partial charge >= 0.3 is 6.18 Å². The normalized spacial score (nSPS) is 13.6. The van der Waals surface area contributed by atoms with Crippen molar-refractivity contribution in [2.24, 2.45) is 7.05 Å². The Balaban J connectivity index is 2.32. The molecule has 1 heterocycles. The Morgan fingerprint density at radius 2 is 1.93 bits per heavy atom. The summed E-state index contributed by atoms with van der Waals surface area (Å²) in [6.45, 7) is 1.07. The highest BCUT2D eigenvalue weighted by Crippen LogP contribution is 2.33. The second kappa shape index (κ2) is 8.13. The standard InChI is InChI=1S/C17H19F4N3O4S/c1-10(9-25)24(3)29(27,28)12-7-15(23(2)8-12)16(26)22-11-4-5-14(18)13(6-11)17(19,20)21/h4-8,10,25H,9H2,1-3H3,(H,22,26)/t10-/m1/s1. The van der Waals surface area contributed by atoms with E-state index in [2.05, 4.69) is 5.32 Å². The van der Waals surface area contributed by atoms with Crippen molar-refractivity contribution in [3.8, 4) is 0 Å². The lowest BCUT2D eigenvalue weighted by Crippen LogP contribution is -2.37. The maximum atomic E-state index is 13.4. The van der Waals surface area contributed by atoms with Crippen LogP contribution in [-0.2, 0) is 23.2 Å². The summed E-state index contributed by atoms with van der Waals surface area (Å²) < 4.78 is 79.1. The van der Waals surface area contributed by atoms with Gasteiger partial charge in [0.05, 0.1) is 12.2 Å². The minimum atomic E-state index is -4.94. The first kappa shape index (κ1) is 22.8. The number of likely N-dealkylation sites (N-methyl/N-ethyl adjacent to an activating group) is 1. The molecule has 0 bridgehead atoms. The van der Waals surface area contributed by atoms with Crippen LogP contribution < -0.4 is 5.32 Å². The van der Waals surface area contributed by atoms with Crippen molar-refractivity contribution in [3.05, 3.63) is 47.5 Å². The molecule has 0 saturated heterocycles. The summed E-state index contributed by atoms with van der Waals surface area (Å²) in [7, 11) is -1.37. The Morgan fingerprint density at radius 1 is 1.31 bits per heavy atom. The predicted molar refractivity (Wildman–Crippen MR) is 96.3 cm³/mol. The number of amides is 1. The molecular weight excluding hydrogens is 418 g/mol. The van der Waals surface area contributed by atoms with Gasteiger partial charge in [-0.2, -0.15) is 17.5 Å². The quantitative estimate of drug-likeness (QED) is 0.680. The van der Waals surface area contributed by atoms with E-state index in [9.17, 15) is 30.8 Å². The summed E-state index contributed by atoms with van der Waals surface area (Å²) >= 11 is 0. The Bertz CT molecular complexity index is 1020. The Hall–Kier alpha value is -2.44. The largest absolute Gasteiger partial charge is 0.419 e. The summed E-state index contributed by atoms with van der Waals surface area (Å²) in [5.74, 6) is -2.37. The van der Waals surface area contributed by atoms with Crippen molar-refractivity contribution in [2.75, 3.05) is 19.0 Å². The molecule has 0 radical (unpaired) electrons. The Labute approximate surface area is 164 Å². The van der Waals surface area contributed by atoms with Crippen LogP contribution in [0.2, 0.25) is 0 Å². The van der Waals surface area contributed by atoms with E-state index in [0.717, 1.165) is 22.6 Å². The number of nitrogens with zero attached hydrogens (tertiary/aromatic N) is 2. The number of halogens is 4. The van der Waals surface area contributed by atoms with Gasteiger partial charge < -0.3 is 15.0 Å². The van der Waals surface area contributed by atoms with Crippen LogP contribution in [0, 0.1) is 5.82 Å². The van der Waals surface area contributed by atoms with E-state index in [1.807, 2.05) is 0 Å². The predicted octanol–water partition coefficient (Wildman–Crippen LogP) is 2.44. The zero-order valence-electron chi connectivity index (χ0n) is 15.7. The van der Waals surface area contributed by atoms with E-state index in [1.54, 1.807) is 0 Å². The lowest BCUT2D eigenvalue weighted by atomic mass is 10.1. The molecule has 0 unspecified atom stereocenters. The highest BCUT2D eigenvalue weighted by atomic mass is 32.2. The number of aliphatic hydroxyl groups excluding tert-OH is 1. The summed E-state index contributed by atoms with van der Waals surface area (Å²) in [6.07, 6.45) is -3.78. The van der Waals surface area contributed by atoms with Crippen LogP contribution in [0.4, 0.5) is 23.2 Å². The minimum absolute atomic E-state index is 0.147. The molecule has 1 aromatic carbocycles. The third-order valence-corrected chi connectivity index (χ3v) is 6.24. The molecule has 7 nitrogen and oxygen atoms in total. The molecule has 0 spiro atoms. The molecule has 1 aromatic heterocycles. The SMILES string of the molecule is C[C@H](CO)N(C)S(=O)(=O)c1cc(C(=O)Nc2ccc(F)c(C(F)(F)F)c2)n(C)c1. The van der Waals surface area contributed by atoms with E-state index in [0.29, 0.717) is 12.1 Å². The third-order valence-electron chi connectivity index (χ3n) is 4.30. The van der Waals surface area contributed by atoms with Crippen LogP contribution in [0.1, 0.15) is 23.0 Å². The van der Waals surface area contributed by atoms with E-state index >= 15 is 0 Å². The van der Waals surface area contributed by atoms with Gasteiger partial charge in [-0.1, -0.05) is 0 Å². The molecule has 2 rings (SSSR count). The van der Waals surface area contributed by atoms with E-state index < -0.39 is 46.1 Å². The second-order valence-electron chi connectivity index (χ2n) is 6.37. The average molecular weight is 437 g/mol. The topological polar surface area (TPSA) is 91.6 Å². The zero-order chi connectivity index (χ0) is 22.1. The molecule has 0 fully saturated rings. The van der Waals surface area contributed by atoms with Gasteiger partial charge in [0, 0.05) is 32.0 Å². The van der Waals surface area contributed by atoms with Crippen LogP contribution in [0.25, 0.3) is 0 Å². The molecule has 0 aliphatic carbocycles. The fourth-order valence-corrected chi connectivity index (χ4v) is 3.86. The highest BCUT2D eigenvalue weighted by molar-refractivity contribution is 7.89. The molecule has 2 aromatic rings. The molecule has 0 aliphatic rings. The molecule has 1 atom stereocenters. The van der Waals surface area contributed by atoms with Gasteiger partial charge in [-0.3, -0.25) is 4.79 Å². The van der Waals surface area contributed by atoms with Crippen molar-refractivity contribution in [1.29, 1.82) is 0 Å². The Kier molecular flexibility index (Phi) is 6.40. The molecule has 0 aliphatic heterocycles. The van der Waals surface area contributed by atoms with Gasteiger partial charge in [0.1, 0.15) is 16.4 Å². The third kappa shape index (κ3) is 4.77. The van der Waals surface area contributed by atoms with Gasteiger partial charge in [0.2, 0.25) is 10.0 Å². The summed E-state index contributed by atoms with van der Waals surface area (Å²) in [4.78, 5) is 12.2. The zero-order valence-corrected chi connectivity index (χ0v) is 16.5. The lowest BCUT2D eigenvalue weighted by Gasteiger charge is -2.21. The van der Waals surface area contributed by atoms with Crippen LogP contribution in [0.3, 0.4) is 0 Å². The number of nitrogens with one attached hydrogen (secondary N) is 1. The first-order chi connectivity index (χ1) is 13.3. The number of benzene rings is 1. The van der Waals surface area contributed by atoms with Crippen LogP contribution in [-0.4, -0.2) is 48.0 Å². The van der Waals surface area contributed by atoms with Crippen molar-refractivity contribution in [3.63, 3.8) is 0 Å². The molecular formula is C17H19F4N3O4S. The van der Waals surface area contributed by atoms with Gasteiger partial charge in [-0.05, 0) is 31.2 Å². The van der Waals surface area contributed by atoms with Crippen LogP contribution in [0.5, 0.6) is 0 Å². The lowest BCUT2D eigenvalue weighted by molar-refractivity contribution is -0.139. The summed E-state index contributed by atoms with van der Waals surface area (Å²) in [6, 6.07) is 2.33. The van der Waals surface area contributed by atoms with Crippen molar-refractivity contribution < 1.29 is 35.9 Å². The number of carbonyl (C=O) groups excluding carboxylic acids is 1. The number of rotatable bonds is 6. The number of hydrogen-bond donors (Lipinski definition) is 2. The van der Waals surface area contributed by atoms with Gasteiger partial charge in [0.15, 0.2) is 0 Å². The number of sulfonamides is 1. The molecule has 12 heteroatoms. The fourth-order valence-electron chi connectivity index (χ4n) is 2.43. The highest BCUT2D eigenvalue weighted by Gasteiger charge is 2.34. The number of aliphatic hydroxyl groups is 1. The molecule has 29 heavy (non-hydrogen) atoms. The van der Waals surface area contributed by atoms with Gasteiger partial charge in [0.25, 0.3) is 5.91 Å². The number of alkyl halides is 3. The van der Waals surface area contributed by atoms with Crippen LogP contribution in [0.15, 0.2) is 35.4 Å². The number of anilines is 1. The van der Waals surface area contributed by atoms with Crippen molar-refractivity contribution in [1.82, 2.24) is 8.87 Å². The maximum Gasteiger partial charge on any atom is 0.419 e. The number of carbonyl (C=O) groups is 1. The number of aromatic nitrogens is 1. The summed E-state index contributed by atoms with van der Waals surface area (Å²) in [5.41, 5.74) is -1.99. The fraction of sp³-hybridized carbons (Fsp3) is 0.353. The first-order valence-corrected chi connectivity index (χ1v) is 9.66. The molecule has 0 saturated carbocycles. The summed E-state index contributed by atoms with van der Waals surface area (Å²) in [5, 5.41) is 11.3. The van der Waals surface area contributed by atoms with Crippen molar-refractivity contribution in [2.45, 2.75) is 24.0 Å². The molecule has 2 N–H and O–H groups in total.